The van der Waals surface area contributed by atoms with Gasteiger partial charge in [-0.25, -0.2) is 0 Å². The molecule has 0 unspecified atom stereocenters. The van der Waals surface area contributed by atoms with Gasteiger partial charge in [0.1, 0.15) is 5.41 Å². The monoisotopic (exact) mass is 300 g/mol. The molecule has 0 spiro atoms. The Morgan fingerprint density at radius 2 is 1.76 bits per heavy atom. The van der Waals surface area contributed by atoms with Crippen LogP contribution in [-0.2, 0) is 4.79 Å². The fraction of sp³-hybridized carbons (Fsp3) is 0.867. The van der Waals surface area contributed by atoms with Gasteiger partial charge in [-0.2, -0.15) is 0 Å². The number of amides is 1. The van der Waals surface area contributed by atoms with Gasteiger partial charge in [0.2, 0.25) is 5.91 Å². The maximum atomic E-state index is 13.0. The van der Waals surface area contributed by atoms with Crippen molar-refractivity contribution in [2.75, 3.05) is 33.7 Å². The van der Waals surface area contributed by atoms with E-state index < -0.39 is 5.41 Å². The Bertz CT molecular complexity index is 350. The van der Waals surface area contributed by atoms with E-state index in [0.29, 0.717) is 31.8 Å². The van der Waals surface area contributed by atoms with Crippen LogP contribution in [0.1, 0.15) is 40.5 Å². The number of hydrogen-bond donors (Lipinski definition) is 2. The van der Waals surface area contributed by atoms with Crippen molar-refractivity contribution in [2.45, 2.75) is 40.5 Å². The minimum absolute atomic E-state index is 0.0103. The van der Waals surface area contributed by atoms with Crippen LogP contribution in [-0.4, -0.2) is 60.5 Å². The first kappa shape index (κ1) is 19.7. The van der Waals surface area contributed by atoms with Crippen LogP contribution < -0.4 is 5.73 Å². The van der Waals surface area contributed by atoms with Crippen LogP contribution in [0.3, 0.4) is 0 Å². The zero-order valence-electron chi connectivity index (χ0n) is 14.4. The van der Waals surface area contributed by atoms with Gasteiger partial charge in [-0.3, -0.25) is 4.79 Å². The average molecular weight is 300 g/mol. The van der Waals surface area contributed by atoms with E-state index in [1.54, 1.807) is 0 Å². The van der Waals surface area contributed by atoms with Crippen molar-refractivity contribution >= 4 is 11.7 Å². The maximum absolute atomic E-state index is 13.0. The lowest BCUT2D eigenvalue weighted by atomic mass is 9.79. The van der Waals surface area contributed by atoms with E-state index in [2.05, 4.69) is 19.0 Å². The molecule has 0 heterocycles. The Balaban J connectivity index is 5.38. The van der Waals surface area contributed by atoms with Crippen molar-refractivity contribution in [3.05, 3.63) is 0 Å². The van der Waals surface area contributed by atoms with E-state index >= 15 is 0 Å². The van der Waals surface area contributed by atoms with Crippen LogP contribution in [0.15, 0.2) is 5.16 Å². The smallest absolute Gasteiger partial charge is 0.236 e. The minimum atomic E-state index is -0.907. The molecular formula is C15H32N4O2. The summed E-state index contributed by atoms with van der Waals surface area (Å²) in [5, 5.41) is 12.2. The van der Waals surface area contributed by atoms with Gasteiger partial charge >= 0.3 is 0 Å². The average Bonchev–Trinajstić information content (AvgIpc) is 2.44. The summed E-state index contributed by atoms with van der Waals surface area (Å²) in [5.74, 6) is 0.337. The topological polar surface area (TPSA) is 82.2 Å². The summed E-state index contributed by atoms with van der Waals surface area (Å²) in [7, 11) is 3.96. The molecule has 0 saturated heterocycles. The number of likely N-dealkylation sites (N-methyl/N-ethyl adjacent to an activating group) is 1. The second kappa shape index (κ2) is 8.87. The Kier molecular flexibility index (Phi) is 8.32. The molecule has 6 heteroatoms. The number of nitrogens with two attached hydrogens (primary N) is 1. The standard InChI is InChI=1S/C15H32N4O2/c1-7-15(8-2,13(16)17-21)14(20)19(11-12(3)4)10-9-18(5)6/h12,21H,7-11H2,1-6H3,(H2,16,17). The third kappa shape index (κ3) is 5.19. The molecule has 0 fully saturated rings. The van der Waals surface area contributed by atoms with E-state index in [1.165, 1.54) is 0 Å². The lowest BCUT2D eigenvalue weighted by Crippen LogP contribution is -2.53. The van der Waals surface area contributed by atoms with Gasteiger partial charge in [0.25, 0.3) is 0 Å². The molecule has 0 rings (SSSR count). The number of hydrogen-bond acceptors (Lipinski definition) is 4. The lowest BCUT2D eigenvalue weighted by molar-refractivity contribution is -0.139. The van der Waals surface area contributed by atoms with Gasteiger partial charge in [0.15, 0.2) is 5.84 Å². The lowest BCUT2D eigenvalue weighted by Gasteiger charge is -2.36. The summed E-state index contributed by atoms with van der Waals surface area (Å²) in [6.07, 6.45) is 1.05. The second-order valence-electron chi connectivity index (χ2n) is 6.22. The first-order valence-corrected chi connectivity index (χ1v) is 7.67. The maximum Gasteiger partial charge on any atom is 0.236 e. The summed E-state index contributed by atoms with van der Waals surface area (Å²) < 4.78 is 0. The third-order valence-corrected chi connectivity index (χ3v) is 3.90. The predicted molar refractivity (Wildman–Crippen MR) is 86.4 cm³/mol. The van der Waals surface area contributed by atoms with Crippen LogP contribution in [0.5, 0.6) is 0 Å². The molecule has 21 heavy (non-hydrogen) atoms. The van der Waals surface area contributed by atoms with Crippen molar-refractivity contribution < 1.29 is 10.0 Å². The number of oxime groups is 1. The van der Waals surface area contributed by atoms with E-state index in [9.17, 15) is 4.79 Å². The van der Waals surface area contributed by atoms with Gasteiger partial charge in [0.05, 0.1) is 0 Å². The summed E-state index contributed by atoms with van der Waals surface area (Å²) in [4.78, 5) is 16.9. The van der Waals surface area contributed by atoms with Gasteiger partial charge in [-0.1, -0.05) is 32.9 Å². The van der Waals surface area contributed by atoms with E-state index in [4.69, 9.17) is 10.9 Å². The van der Waals surface area contributed by atoms with Gasteiger partial charge in [0, 0.05) is 19.6 Å². The molecule has 0 saturated carbocycles. The van der Waals surface area contributed by atoms with Crippen molar-refractivity contribution in [1.29, 1.82) is 0 Å². The fourth-order valence-corrected chi connectivity index (χ4v) is 2.46. The van der Waals surface area contributed by atoms with E-state index in [0.717, 1.165) is 6.54 Å². The minimum Gasteiger partial charge on any atom is -0.409 e. The predicted octanol–water partition coefficient (Wildman–Crippen LogP) is 1.59. The normalized spacial score (nSPS) is 13.0. The first-order valence-electron chi connectivity index (χ1n) is 7.67. The van der Waals surface area contributed by atoms with Gasteiger partial charge < -0.3 is 20.7 Å². The van der Waals surface area contributed by atoms with E-state index in [-0.39, 0.29) is 11.7 Å². The molecule has 0 atom stereocenters. The molecule has 3 N–H and O–H groups in total. The molecule has 0 bridgehead atoms. The second-order valence-corrected chi connectivity index (χ2v) is 6.22. The molecule has 0 aromatic rings. The highest BCUT2D eigenvalue weighted by molar-refractivity contribution is 6.06. The molecule has 0 aliphatic rings. The van der Waals surface area contributed by atoms with Crippen LogP contribution in [0.4, 0.5) is 0 Å². The van der Waals surface area contributed by atoms with Crippen molar-refractivity contribution in [3.8, 4) is 0 Å². The van der Waals surface area contributed by atoms with E-state index in [1.807, 2.05) is 37.7 Å². The number of nitrogens with zero attached hydrogens (tertiary/aromatic N) is 3. The fourth-order valence-electron chi connectivity index (χ4n) is 2.46. The molecule has 1 amide bonds. The van der Waals surface area contributed by atoms with Crippen LogP contribution >= 0.6 is 0 Å². The Morgan fingerprint density at radius 1 is 1.24 bits per heavy atom. The Morgan fingerprint density at radius 3 is 2.10 bits per heavy atom. The molecule has 0 radical (unpaired) electrons. The Labute approximate surface area is 129 Å². The summed E-state index contributed by atoms with van der Waals surface area (Å²) >= 11 is 0. The molecule has 0 aliphatic heterocycles. The largest absolute Gasteiger partial charge is 0.409 e. The van der Waals surface area contributed by atoms with Crippen LogP contribution in [0.2, 0.25) is 0 Å². The highest BCUT2D eigenvalue weighted by Gasteiger charge is 2.42. The number of amidine groups is 1. The van der Waals surface area contributed by atoms with Gasteiger partial charge in [-0.15, -0.1) is 0 Å². The van der Waals surface area contributed by atoms with Crippen molar-refractivity contribution in [1.82, 2.24) is 9.80 Å². The van der Waals surface area contributed by atoms with Crippen molar-refractivity contribution in [3.63, 3.8) is 0 Å². The number of carbonyl (C=O) groups is 1. The summed E-state index contributed by atoms with van der Waals surface area (Å²) in [5.41, 5.74) is 4.93. The van der Waals surface area contributed by atoms with Gasteiger partial charge in [-0.05, 0) is 32.9 Å². The molecule has 0 aromatic heterocycles. The molecular weight excluding hydrogens is 268 g/mol. The third-order valence-electron chi connectivity index (χ3n) is 3.90. The number of carbonyl (C=O) groups excluding carboxylic acids is 1. The van der Waals surface area contributed by atoms with Crippen molar-refractivity contribution in [2.24, 2.45) is 22.2 Å². The molecule has 6 nitrogen and oxygen atoms in total. The summed E-state index contributed by atoms with van der Waals surface area (Å²) in [6.45, 7) is 10.1. The zero-order chi connectivity index (χ0) is 16.6. The van der Waals surface area contributed by atoms with Crippen LogP contribution in [0.25, 0.3) is 0 Å². The first-order chi connectivity index (χ1) is 9.74. The molecule has 124 valence electrons. The Hall–Kier alpha value is -1.30. The quantitative estimate of drug-likeness (QED) is 0.293. The molecule has 0 aliphatic carbocycles. The highest BCUT2D eigenvalue weighted by Crippen LogP contribution is 2.30. The molecule has 0 aromatic carbocycles. The summed E-state index contributed by atoms with van der Waals surface area (Å²) in [6, 6.07) is 0. The van der Waals surface area contributed by atoms with Crippen LogP contribution in [0, 0.1) is 11.3 Å². The highest BCUT2D eigenvalue weighted by atomic mass is 16.4. The SMILES string of the molecule is CCC(CC)(C(=O)N(CCN(C)C)CC(C)C)C(N)=NO. The number of rotatable bonds is 9. The zero-order valence-corrected chi connectivity index (χ0v) is 14.4.